The van der Waals surface area contributed by atoms with E-state index < -0.39 is 11.7 Å². The van der Waals surface area contributed by atoms with Crippen molar-refractivity contribution in [3.63, 3.8) is 0 Å². The van der Waals surface area contributed by atoms with Gasteiger partial charge >= 0.3 is 6.18 Å². The molecule has 0 heterocycles. The van der Waals surface area contributed by atoms with Crippen molar-refractivity contribution in [3.05, 3.63) is 29.3 Å². The molecule has 1 aromatic rings. The van der Waals surface area contributed by atoms with Crippen LogP contribution in [0.1, 0.15) is 11.1 Å². The number of carbonyl (C=O) groups excluding carboxylic acids is 1. The number of hydrogen-bond donors (Lipinski definition) is 2. The molecule has 110 valence electrons. The number of carbonyl (C=O) groups is 1. The van der Waals surface area contributed by atoms with E-state index in [9.17, 15) is 18.0 Å². The number of nitrogens with two attached hydrogens (primary N) is 1. The van der Waals surface area contributed by atoms with Crippen molar-refractivity contribution in [2.75, 3.05) is 25.5 Å². The highest BCUT2D eigenvalue weighted by Gasteiger charge is 2.34. The number of alkyl halides is 3. The number of likely N-dealkylation sites (N-methyl/N-ethyl adjacent to an activating group) is 2. The van der Waals surface area contributed by atoms with E-state index in [4.69, 9.17) is 5.73 Å². The van der Waals surface area contributed by atoms with Crippen LogP contribution >= 0.6 is 12.2 Å². The predicted octanol–water partition coefficient (Wildman–Crippen LogP) is 1.52. The van der Waals surface area contributed by atoms with Gasteiger partial charge < -0.3 is 16.0 Å². The van der Waals surface area contributed by atoms with Gasteiger partial charge in [0, 0.05) is 25.3 Å². The molecule has 3 N–H and O–H groups in total. The van der Waals surface area contributed by atoms with Crippen molar-refractivity contribution in [1.82, 2.24) is 5.32 Å². The second-order valence-electron chi connectivity index (χ2n) is 4.12. The molecule has 0 aliphatic heterocycles. The number of rotatable bonds is 4. The van der Waals surface area contributed by atoms with Crippen LogP contribution in [0.5, 0.6) is 0 Å². The zero-order chi connectivity index (χ0) is 15.5. The number of nitrogens with zero attached hydrogens (tertiary/aromatic N) is 1. The number of benzene rings is 1. The van der Waals surface area contributed by atoms with Gasteiger partial charge in [0.25, 0.3) is 0 Å². The standard InChI is InChI=1S/C12H14F3N3OS/c1-17-10(19)6-18(2)7-3-4-8(11(16)20)9(5-7)12(13,14)15/h3-5H,6H2,1-2H3,(H2,16,20)(H,17,19). The Labute approximate surface area is 119 Å². The van der Waals surface area contributed by atoms with Crippen LogP contribution < -0.4 is 16.0 Å². The molecule has 0 bridgehead atoms. The third-order valence-electron chi connectivity index (χ3n) is 2.67. The monoisotopic (exact) mass is 305 g/mol. The van der Waals surface area contributed by atoms with Crippen molar-refractivity contribution >= 4 is 28.8 Å². The molecule has 1 amide bonds. The SMILES string of the molecule is CNC(=O)CN(C)c1ccc(C(N)=S)c(C(F)(F)F)c1. The first-order valence-corrected chi connectivity index (χ1v) is 6.00. The van der Waals surface area contributed by atoms with Gasteiger partial charge in [0.15, 0.2) is 0 Å². The first-order chi connectivity index (χ1) is 9.16. The lowest BCUT2D eigenvalue weighted by Crippen LogP contribution is -2.33. The van der Waals surface area contributed by atoms with E-state index in [1.807, 2.05) is 0 Å². The Morgan fingerprint density at radius 1 is 1.45 bits per heavy atom. The lowest BCUT2D eigenvalue weighted by atomic mass is 10.1. The highest BCUT2D eigenvalue weighted by molar-refractivity contribution is 7.80. The number of anilines is 1. The van der Waals surface area contributed by atoms with Gasteiger partial charge in [0.1, 0.15) is 4.99 Å². The average molecular weight is 305 g/mol. The van der Waals surface area contributed by atoms with Crippen molar-refractivity contribution in [2.24, 2.45) is 5.73 Å². The number of amides is 1. The molecule has 4 nitrogen and oxygen atoms in total. The van der Waals surface area contributed by atoms with Gasteiger partial charge in [0.05, 0.1) is 12.1 Å². The summed E-state index contributed by atoms with van der Waals surface area (Å²) in [7, 11) is 2.97. The van der Waals surface area contributed by atoms with Gasteiger partial charge in [0.2, 0.25) is 5.91 Å². The maximum atomic E-state index is 13.0. The van der Waals surface area contributed by atoms with Crippen LogP contribution in [-0.2, 0) is 11.0 Å². The Bertz CT molecular complexity index is 531. The molecule has 0 atom stereocenters. The van der Waals surface area contributed by atoms with Gasteiger partial charge in [-0.1, -0.05) is 12.2 Å². The van der Waals surface area contributed by atoms with Gasteiger partial charge in [-0.15, -0.1) is 0 Å². The number of thiocarbonyl (C=S) groups is 1. The normalized spacial score (nSPS) is 11.1. The van der Waals surface area contributed by atoms with E-state index in [1.54, 1.807) is 0 Å². The maximum absolute atomic E-state index is 13.0. The summed E-state index contributed by atoms with van der Waals surface area (Å²) in [5.41, 5.74) is 4.40. The highest BCUT2D eigenvalue weighted by Crippen LogP contribution is 2.34. The van der Waals surface area contributed by atoms with Crippen LogP contribution in [0, 0.1) is 0 Å². The Morgan fingerprint density at radius 2 is 2.05 bits per heavy atom. The fraction of sp³-hybridized carbons (Fsp3) is 0.333. The zero-order valence-electron chi connectivity index (χ0n) is 10.9. The largest absolute Gasteiger partial charge is 0.417 e. The van der Waals surface area contributed by atoms with Crippen LogP contribution in [0.2, 0.25) is 0 Å². The summed E-state index contributed by atoms with van der Waals surface area (Å²) in [6.45, 7) is -0.0553. The summed E-state index contributed by atoms with van der Waals surface area (Å²) in [5.74, 6) is -0.306. The molecule has 0 spiro atoms. The summed E-state index contributed by atoms with van der Waals surface area (Å²) in [6.07, 6.45) is -4.57. The van der Waals surface area contributed by atoms with Crippen LogP contribution in [-0.4, -0.2) is 31.5 Å². The molecule has 0 radical (unpaired) electrons. The number of halogens is 3. The number of hydrogen-bond acceptors (Lipinski definition) is 3. The third kappa shape index (κ3) is 3.83. The van der Waals surface area contributed by atoms with E-state index in [-0.39, 0.29) is 28.7 Å². The maximum Gasteiger partial charge on any atom is 0.417 e. The first kappa shape index (κ1) is 16.2. The van der Waals surface area contributed by atoms with Crippen LogP contribution in [0.3, 0.4) is 0 Å². The van der Waals surface area contributed by atoms with Crippen molar-refractivity contribution < 1.29 is 18.0 Å². The van der Waals surface area contributed by atoms with E-state index >= 15 is 0 Å². The minimum absolute atomic E-state index is 0.0553. The minimum Gasteiger partial charge on any atom is -0.389 e. The molecule has 0 aliphatic carbocycles. The lowest BCUT2D eigenvalue weighted by molar-refractivity contribution is -0.137. The molecule has 0 unspecified atom stereocenters. The fourth-order valence-electron chi connectivity index (χ4n) is 1.60. The second-order valence-corrected chi connectivity index (χ2v) is 4.56. The van der Waals surface area contributed by atoms with Crippen molar-refractivity contribution in [2.45, 2.75) is 6.18 Å². The summed E-state index contributed by atoms with van der Waals surface area (Å²) < 4.78 is 38.9. The predicted molar refractivity (Wildman–Crippen MR) is 74.7 cm³/mol. The van der Waals surface area contributed by atoms with E-state index in [0.717, 1.165) is 6.07 Å². The second kappa shape index (κ2) is 6.08. The van der Waals surface area contributed by atoms with E-state index in [0.29, 0.717) is 0 Å². The molecule has 20 heavy (non-hydrogen) atoms. The molecular formula is C12H14F3N3OS. The van der Waals surface area contributed by atoms with Crippen LogP contribution in [0.15, 0.2) is 18.2 Å². The summed E-state index contributed by atoms with van der Waals surface area (Å²) >= 11 is 4.62. The molecule has 0 saturated carbocycles. The molecule has 0 saturated heterocycles. The van der Waals surface area contributed by atoms with Gasteiger partial charge in [-0.05, 0) is 18.2 Å². The zero-order valence-corrected chi connectivity index (χ0v) is 11.7. The summed E-state index contributed by atoms with van der Waals surface area (Å²) in [4.78, 5) is 12.3. The van der Waals surface area contributed by atoms with Gasteiger partial charge in [-0.2, -0.15) is 13.2 Å². The Kier molecular flexibility index (Phi) is 4.93. The Hall–Kier alpha value is -1.83. The lowest BCUT2D eigenvalue weighted by Gasteiger charge is -2.21. The van der Waals surface area contributed by atoms with Gasteiger partial charge in [-0.25, -0.2) is 0 Å². The third-order valence-corrected chi connectivity index (χ3v) is 2.89. The highest BCUT2D eigenvalue weighted by atomic mass is 32.1. The van der Waals surface area contributed by atoms with E-state index in [1.165, 1.54) is 31.1 Å². The summed E-state index contributed by atoms with van der Waals surface area (Å²) in [5, 5.41) is 2.40. The average Bonchev–Trinajstić information content (AvgIpc) is 2.36. The molecule has 8 heteroatoms. The smallest absolute Gasteiger partial charge is 0.389 e. The van der Waals surface area contributed by atoms with Crippen molar-refractivity contribution in [3.8, 4) is 0 Å². The van der Waals surface area contributed by atoms with E-state index in [2.05, 4.69) is 17.5 Å². The summed E-state index contributed by atoms with van der Waals surface area (Å²) in [6, 6.07) is 3.57. The molecule has 0 aliphatic rings. The molecule has 1 aromatic carbocycles. The first-order valence-electron chi connectivity index (χ1n) is 5.59. The number of nitrogens with one attached hydrogen (secondary N) is 1. The Morgan fingerprint density at radius 3 is 2.50 bits per heavy atom. The fourth-order valence-corrected chi connectivity index (χ4v) is 1.78. The molecule has 0 aromatic heterocycles. The van der Waals surface area contributed by atoms with Gasteiger partial charge in [-0.3, -0.25) is 4.79 Å². The van der Waals surface area contributed by atoms with Crippen molar-refractivity contribution in [1.29, 1.82) is 0 Å². The van der Waals surface area contributed by atoms with Crippen LogP contribution in [0.25, 0.3) is 0 Å². The molecular weight excluding hydrogens is 291 g/mol. The molecule has 0 fully saturated rings. The quantitative estimate of drug-likeness (QED) is 0.828. The molecule has 1 rings (SSSR count). The topological polar surface area (TPSA) is 58.4 Å². The minimum atomic E-state index is -4.57. The van der Waals surface area contributed by atoms with Crippen LogP contribution in [0.4, 0.5) is 18.9 Å². The Balaban J connectivity index is 3.19.